The summed E-state index contributed by atoms with van der Waals surface area (Å²) < 4.78 is 29.8. The lowest BCUT2D eigenvalue weighted by Gasteiger charge is -2.27. The first kappa shape index (κ1) is 19.5. The minimum atomic E-state index is -2.97. The molecule has 0 unspecified atom stereocenters. The predicted molar refractivity (Wildman–Crippen MR) is 97.0 cm³/mol. The van der Waals surface area contributed by atoms with Crippen LogP contribution in [0.2, 0.25) is 0 Å². The molecular weight excluding hydrogens is 392 g/mol. The Labute approximate surface area is 162 Å². The molecule has 0 saturated heterocycles. The molecule has 3 aromatic heterocycles. The summed E-state index contributed by atoms with van der Waals surface area (Å²) in [7, 11) is 0. The number of hydrogen-bond acceptors (Lipinski definition) is 9. The van der Waals surface area contributed by atoms with Gasteiger partial charge in [0, 0.05) is 6.20 Å². The highest BCUT2D eigenvalue weighted by Crippen LogP contribution is 2.31. The number of rotatable bonds is 7. The summed E-state index contributed by atoms with van der Waals surface area (Å²) in [5.74, 6) is -0.489. The maximum Gasteiger partial charge on any atom is 0.387 e. The average molecular weight is 407 g/mol. The molecule has 0 spiro atoms. The number of nitrogens with one attached hydrogen (secondary N) is 1. The number of nitrogens with zero attached hydrogens (tertiary/aromatic N) is 5. The molecule has 0 aliphatic carbocycles. The number of thiazole rings is 1. The van der Waals surface area contributed by atoms with Gasteiger partial charge in [-0.3, -0.25) is 9.78 Å². The van der Waals surface area contributed by atoms with Crippen molar-refractivity contribution in [1.29, 1.82) is 0 Å². The largest absolute Gasteiger partial charge is 0.433 e. The number of ether oxygens (including phenoxy) is 1. The van der Waals surface area contributed by atoms with Gasteiger partial charge < -0.3 is 15.8 Å². The van der Waals surface area contributed by atoms with Crippen molar-refractivity contribution in [1.82, 2.24) is 25.1 Å². The summed E-state index contributed by atoms with van der Waals surface area (Å²) in [5, 5.41) is 11.4. The highest BCUT2D eigenvalue weighted by atomic mass is 32.1. The first-order chi connectivity index (χ1) is 13.3. The quantitative estimate of drug-likeness (QED) is 0.611. The molecule has 0 fully saturated rings. The minimum Gasteiger partial charge on any atom is -0.433 e. The summed E-state index contributed by atoms with van der Waals surface area (Å²) in [6.07, 6.45) is 4.24. The van der Waals surface area contributed by atoms with Gasteiger partial charge in [-0.05, 0) is 26.0 Å². The molecule has 1 amide bonds. The van der Waals surface area contributed by atoms with Gasteiger partial charge in [-0.2, -0.15) is 8.78 Å². The SMILES string of the molecule is CC(C)(Nc1ncc(-c2ncc(C(N)=O)s2)nn1)c1ncccc1OC(F)F. The fourth-order valence-electron chi connectivity index (χ4n) is 2.33. The van der Waals surface area contributed by atoms with Gasteiger partial charge in [0.15, 0.2) is 0 Å². The smallest absolute Gasteiger partial charge is 0.387 e. The van der Waals surface area contributed by atoms with E-state index in [1.807, 2.05) is 0 Å². The van der Waals surface area contributed by atoms with Crippen LogP contribution in [0.25, 0.3) is 10.7 Å². The highest BCUT2D eigenvalue weighted by molar-refractivity contribution is 7.16. The summed E-state index contributed by atoms with van der Waals surface area (Å²) in [4.78, 5) is 23.8. The minimum absolute atomic E-state index is 0.0543. The van der Waals surface area contributed by atoms with Crippen LogP contribution < -0.4 is 15.8 Å². The molecule has 146 valence electrons. The van der Waals surface area contributed by atoms with E-state index in [-0.39, 0.29) is 17.4 Å². The van der Waals surface area contributed by atoms with E-state index < -0.39 is 18.1 Å². The average Bonchev–Trinajstić information content (AvgIpc) is 3.12. The summed E-state index contributed by atoms with van der Waals surface area (Å²) >= 11 is 1.07. The Morgan fingerprint density at radius 2 is 2.04 bits per heavy atom. The third kappa shape index (κ3) is 4.34. The van der Waals surface area contributed by atoms with E-state index in [0.29, 0.717) is 15.6 Å². The molecule has 28 heavy (non-hydrogen) atoms. The second-order valence-corrected chi connectivity index (χ2v) is 7.07. The summed E-state index contributed by atoms with van der Waals surface area (Å²) in [6.45, 7) is 0.454. The van der Waals surface area contributed by atoms with E-state index in [9.17, 15) is 13.6 Å². The fraction of sp³-hybridized carbons (Fsp3) is 0.250. The van der Waals surface area contributed by atoms with Crippen molar-refractivity contribution in [3.8, 4) is 16.5 Å². The molecule has 0 aliphatic rings. The van der Waals surface area contributed by atoms with Gasteiger partial charge in [0.05, 0.1) is 17.9 Å². The zero-order valence-corrected chi connectivity index (χ0v) is 15.6. The zero-order valence-electron chi connectivity index (χ0n) is 14.8. The van der Waals surface area contributed by atoms with Gasteiger partial charge in [-0.1, -0.05) is 0 Å². The molecule has 3 aromatic rings. The molecule has 0 saturated carbocycles. The van der Waals surface area contributed by atoms with Gasteiger partial charge in [-0.25, -0.2) is 9.97 Å². The molecule has 12 heteroatoms. The molecule has 9 nitrogen and oxygen atoms in total. The van der Waals surface area contributed by atoms with Gasteiger partial charge >= 0.3 is 6.61 Å². The number of amides is 1. The summed E-state index contributed by atoms with van der Waals surface area (Å²) in [5.41, 5.74) is 4.89. The van der Waals surface area contributed by atoms with Crippen LogP contribution in [0.4, 0.5) is 14.7 Å². The molecule has 3 rings (SSSR count). The normalized spacial score (nSPS) is 11.5. The van der Waals surface area contributed by atoms with Crippen molar-refractivity contribution in [3.05, 3.63) is 41.3 Å². The van der Waals surface area contributed by atoms with Crippen molar-refractivity contribution in [3.63, 3.8) is 0 Å². The number of alkyl halides is 2. The number of aromatic nitrogens is 5. The van der Waals surface area contributed by atoms with E-state index in [1.54, 1.807) is 13.8 Å². The second-order valence-electron chi connectivity index (χ2n) is 6.04. The van der Waals surface area contributed by atoms with Crippen molar-refractivity contribution in [2.75, 3.05) is 5.32 Å². The second kappa shape index (κ2) is 7.76. The Balaban J connectivity index is 1.80. The Kier molecular flexibility index (Phi) is 5.40. The molecular formula is C16H15F2N7O2S. The van der Waals surface area contributed by atoms with E-state index in [1.165, 1.54) is 30.7 Å². The monoisotopic (exact) mass is 407 g/mol. The molecule has 0 radical (unpaired) electrons. The first-order valence-electron chi connectivity index (χ1n) is 7.90. The number of halogens is 2. The van der Waals surface area contributed by atoms with Crippen molar-refractivity contribution >= 4 is 23.2 Å². The third-order valence-corrected chi connectivity index (χ3v) is 4.57. The summed E-state index contributed by atoms with van der Waals surface area (Å²) in [6, 6.07) is 2.90. The van der Waals surface area contributed by atoms with Gasteiger partial charge in [0.25, 0.3) is 5.91 Å². The molecule has 0 aliphatic heterocycles. The molecule has 3 heterocycles. The van der Waals surface area contributed by atoms with Crippen LogP contribution in [0.15, 0.2) is 30.7 Å². The number of carbonyl (C=O) groups excluding carboxylic acids is 1. The van der Waals surface area contributed by atoms with Crippen LogP contribution in [0.1, 0.15) is 29.2 Å². The van der Waals surface area contributed by atoms with E-state index in [4.69, 9.17) is 5.73 Å². The highest BCUT2D eigenvalue weighted by Gasteiger charge is 2.28. The van der Waals surface area contributed by atoms with Gasteiger partial charge in [-0.15, -0.1) is 21.5 Å². The topological polar surface area (TPSA) is 129 Å². The van der Waals surface area contributed by atoms with Crippen LogP contribution in [0.3, 0.4) is 0 Å². The number of primary amides is 1. The molecule has 0 bridgehead atoms. The number of nitrogens with two attached hydrogens (primary N) is 1. The Morgan fingerprint density at radius 3 is 2.64 bits per heavy atom. The standard InChI is InChI=1S/C16H15F2N7O2S/c1-16(2,11-9(27-14(17)18)4-3-5-20-11)23-15-22-6-8(24-25-15)13-21-7-10(28-13)12(19)26/h3-7,14H,1-2H3,(H2,19,26)(H,22,23,25). The zero-order chi connectivity index (χ0) is 20.3. The van der Waals surface area contributed by atoms with E-state index in [2.05, 4.69) is 35.2 Å². The van der Waals surface area contributed by atoms with Crippen LogP contribution >= 0.6 is 11.3 Å². The third-order valence-electron chi connectivity index (χ3n) is 3.53. The van der Waals surface area contributed by atoms with Crippen LogP contribution in [0.5, 0.6) is 5.75 Å². The molecule has 0 aromatic carbocycles. The maximum atomic E-state index is 12.6. The fourth-order valence-corrected chi connectivity index (χ4v) is 3.04. The van der Waals surface area contributed by atoms with Crippen LogP contribution in [-0.4, -0.2) is 37.7 Å². The number of anilines is 1. The van der Waals surface area contributed by atoms with Crippen LogP contribution in [0, 0.1) is 0 Å². The van der Waals surface area contributed by atoms with E-state index in [0.717, 1.165) is 11.3 Å². The van der Waals surface area contributed by atoms with Gasteiger partial charge in [0.1, 0.15) is 27.0 Å². The number of pyridine rings is 1. The first-order valence-corrected chi connectivity index (χ1v) is 8.72. The van der Waals surface area contributed by atoms with Gasteiger partial charge in [0.2, 0.25) is 5.95 Å². The van der Waals surface area contributed by atoms with Crippen molar-refractivity contribution in [2.24, 2.45) is 5.73 Å². The molecule has 0 atom stereocenters. The lowest BCUT2D eigenvalue weighted by molar-refractivity contribution is -0.0511. The Morgan fingerprint density at radius 1 is 1.25 bits per heavy atom. The lowest BCUT2D eigenvalue weighted by Crippen LogP contribution is -2.31. The Bertz CT molecular complexity index is 979. The lowest BCUT2D eigenvalue weighted by atomic mass is 9.99. The van der Waals surface area contributed by atoms with E-state index >= 15 is 0 Å². The van der Waals surface area contributed by atoms with Crippen molar-refractivity contribution in [2.45, 2.75) is 26.0 Å². The predicted octanol–water partition coefficient (Wildman–Crippen LogP) is 2.44. The number of hydrogen-bond donors (Lipinski definition) is 2. The molecule has 3 N–H and O–H groups in total. The Hall–Kier alpha value is -3.28. The van der Waals surface area contributed by atoms with Crippen molar-refractivity contribution < 1.29 is 18.3 Å². The van der Waals surface area contributed by atoms with Crippen LogP contribution in [-0.2, 0) is 5.54 Å². The number of carbonyl (C=O) groups is 1. The maximum absolute atomic E-state index is 12.6.